The highest BCUT2D eigenvalue weighted by molar-refractivity contribution is 7.99. The van der Waals surface area contributed by atoms with Gasteiger partial charge in [-0.25, -0.2) is 0 Å². The molecule has 0 aromatic rings. The van der Waals surface area contributed by atoms with Gasteiger partial charge in [-0.1, -0.05) is 13.8 Å². The highest BCUT2D eigenvalue weighted by Gasteiger charge is 2.39. The van der Waals surface area contributed by atoms with Gasteiger partial charge in [0.1, 0.15) is 18.1 Å². The normalized spacial score (nSPS) is 14.7. The lowest BCUT2D eigenvalue weighted by molar-refractivity contribution is -0.142. The number of guanidine groups is 1. The van der Waals surface area contributed by atoms with Crippen LogP contribution in [-0.2, 0) is 38.4 Å². The molecule has 1 fully saturated rings. The predicted octanol–water partition coefficient (Wildman–Crippen LogP) is -2.74. The minimum Gasteiger partial charge on any atom is -0.370 e. The predicted molar refractivity (Wildman–Crippen MR) is 201 cm³/mol. The van der Waals surface area contributed by atoms with Gasteiger partial charge in [-0.3, -0.25) is 43.3 Å². The standard InChI is InChI=1S/C33H59N11O8S/c1-5-43(6-2)31(51)22(10-7-13-37-33(35)36)42-30(50)24-11-8-14-44(24)32(52)23(41-29(49)19-40-27(47)16-21(3)4)20-53-15-9-12-26(46)39-18-28(48)38-17-25(34)45/h21-24H,5-20H2,1-4H3,(H2,34,45)(H,38,48)(H,39,46)(H,40,47)(H,41,49)(H,42,50)(H4,35,36,37)/t22-,23+,24+/m1/s1. The van der Waals surface area contributed by atoms with Gasteiger partial charge in [0.05, 0.1) is 19.6 Å². The van der Waals surface area contributed by atoms with Gasteiger partial charge in [0.2, 0.25) is 47.3 Å². The van der Waals surface area contributed by atoms with Crippen LogP contribution in [0.5, 0.6) is 0 Å². The second-order valence-electron chi connectivity index (χ2n) is 12.9. The van der Waals surface area contributed by atoms with Crippen LogP contribution in [0.1, 0.15) is 72.6 Å². The second-order valence-corrected chi connectivity index (χ2v) is 14.1. The molecule has 20 heteroatoms. The van der Waals surface area contributed by atoms with Gasteiger partial charge in [0, 0.05) is 44.8 Å². The highest BCUT2D eigenvalue weighted by Crippen LogP contribution is 2.21. The number of nitrogens with one attached hydrogen (secondary N) is 5. The Morgan fingerprint density at radius 3 is 2.09 bits per heavy atom. The van der Waals surface area contributed by atoms with E-state index in [1.807, 2.05) is 27.7 Å². The average Bonchev–Trinajstić information content (AvgIpc) is 3.59. The van der Waals surface area contributed by atoms with E-state index >= 15 is 0 Å². The maximum atomic E-state index is 14.0. The molecule has 11 N–H and O–H groups in total. The minimum absolute atomic E-state index is 0.0790. The fourth-order valence-corrected chi connectivity index (χ4v) is 6.36. The Kier molecular flexibility index (Phi) is 22.2. The van der Waals surface area contributed by atoms with E-state index in [1.54, 1.807) is 4.90 Å². The SMILES string of the molecule is CCN(CC)C(=O)[C@@H](CCCN=C(N)N)NC(=O)[C@@H]1CCCN1C(=O)[C@H](CSCCCC(=O)NCC(=O)NCC(N)=O)NC(=O)CNC(=O)CC(C)C. The summed E-state index contributed by atoms with van der Waals surface area (Å²) >= 11 is 1.31. The Morgan fingerprint density at radius 2 is 1.47 bits per heavy atom. The van der Waals surface area contributed by atoms with E-state index in [2.05, 4.69) is 31.6 Å². The molecule has 0 aliphatic carbocycles. The molecular formula is C33H59N11O8S. The van der Waals surface area contributed by atoms with Crippen molar-refractivity contribution in [2.24, 2.45) is 28.1 Å². The van der Waals surface area contributed by atoms with Gasteiger partial charge in [-0.05, 0) is 57.6 Å². The smallest absolute Gasteiger partial charge is 0.246 e. The number of primary amides is 1. The van der Waals surface area contributed by atoms with Crippen molar-refractivity contribution in [1.82, 2.24) is 36.4 Å². The fraction of sp³-hybridized carbons (Fsp3) is 0.727. The zero-order valence-electron chi connectivity index (χ0n) is 31.4. The Balaban J connectivity index is 2.99. The molecule has 0 spiro atoms. The number of aliphatic imine (C=N–C) groups is 1. The van der Waals surface area contributed by atoms with Crippen LogP contribution in [0.15, 0.2) is 4.99 Å². The molecule has 8 amide bonds. The molecule has 0 aromatic carbocycles. The van der Waals surface area contributed by atoms with Crippen molar-refractivity contribution in [2.45, 2.75) is 90.8 Å². The number of rotatable bonds is 25. The van der Waals surface area contributed by atoms with Gasteiger partial charge in [0.25, 0.3) is 0 Å². The van der Waals surface area contributed by atoms with Gasteiger partial charge >= 0.3 is 0 Å². The van der Waals surface area contributed by atoms with Crippen LogP contribution in [0.3, 0.4) is 0 Å². The zero-order valence-corrected chi connectivity index (χ0v) is 32.2. The summed E-state index contributed by atoms with van der Waals surface area (Å²) in [5.74, 6) is -3.25. The van der Waals surface area contributed by atoms with Gasteiger partial charge in [0.15, 0.2) is 5.96 Å². The summed E-state index contributed by atoms with van der Waals surface area (Å²) in [4.78, 5) is 108. The van der Waals surface area contributed by atoms with Crippen LogP contribution in [-0.4, -0.2) is 138 Å². The number of hydrogen-bond acceptors (Lipinski definition) is 10. The molecule has 0 radical (unpaired) electrons. The van der Waals surface area contributed by atoms with E-state index in [0.717, 1.165) is 0 Å². The Hall–Kier alpha value is -4.62. The second kappa shape index (κ2) is 25.4. The number of likely N-dealkylation sites (tertiary alicyclic amines) is 1. The molecule has 53 heavy (non-hydrogen) atoms. The van der Waals surface area contributed by atoms with Crippen molar-refractivity contribution in [2.75, 3.05) is 57.3 Å². The Morgan fingerprint density at radius 1 is 0.830 bits per heavy atom. The van der Waals surface area contributed by atoms with Crippen molar-refractivity contribution >= 4 is 65.0 Å². The molecule has 1 heterocycles. The third kappa shape index (κ3) is 19.2. The summed E-state index contributed by atoms with van der Waals surface area (Å²) in [6.45, 7) is 7.84. The van der Waals surface area contributed by atoms with Crippen molar-refractivity contribution in [1.29, 1.82) is 0 Å². The maximum Gasteiger partial charge on any atom is 0.246 e. The lowest BCUT2D eigenvalue weighted by atomic mass is 10.1. The van der Waals surface area contributed by atoms with Crippen LogP contribution in [0.25, 0.3) is 0 Å². The van der Waals surface area contributed by atoms with Crippen LogP contribution in [0, 0.1) is 5.92 Å². The van der Waals surface area contributed by atoms with Gasteiger partial charge < -0.3 is 53.6 Å². The van der Waals surface area contributed by atoms with E-state index in [1.165, 1.54) is 16.7 Å². The van der Waals surface area contributed by atoms with Crippen molar-refractivity contribution in [3.63, 3.8) is 0 Å². The molecule has 300 valence electrons. The molecule has 3 atom stereocenters. The number of carbonyl (C=O) groups excluding carboxylic acids is 8. The van der Waals surface area contributed by atoms with Crippen LogP contribution in [0.4, 0.5) is 0 Å². The van der Waals surface area contributed by atoms with Crippen molar-refractivity contribution in [3.05, 3.63) is 0 Å². The summed E-state index contributed by atoms with van der Waals surface area (Å²) in [7, 11) is 0. The zero-order chi connectivity index (χ0) is 39.9. The van der Waals surface area contributed by atoms with E-state index in [9.17, 15) is 38.4 Å². The molecule has 1 rings (SSSR count). The monoisotopic (exact) mass is 769 g/mol. The number of thioether (sulfide) groups is 1. The number of carbonyl (C=O) groups is 8. The Bertz CT molecular complexity index is 1290. The molecule has 0 bridgehead atoms. The fourth-order valence-electron chi connectivity index (χ4n) is 5.38. The third-order valence-corrected chi connectivity index (χ3v) is 9.18. The highest BCUT2D eigenvalue weighted by atomic mass is 32.2. The van der Waals surface area contributed by atoms with E-state index in [4.69, 9.17) is 17.2 Å². The third-order valence-electron chi connectivity index (χ3n) is 8.03. The van der Waals surface area contributed by atoms with Crippen molar-refractivity contribution < 1.29 is 38.4 Å². The first-order valence-electron chi connectivity index (χ1n) is 18.0. The van der Waals surface area contributed by atoms with Crippen molar-refractivity contribution in [3.8, 4) is 0 Å². The lowest BCUT2D eigenvalue weighted by Gasteiger charge is -2.31. The molecular weight excluding hydrogens is 710 g/mol. The van der Waals surface area contributed by atoms with Crippen LogP contribution >= 0.6 is 11.8 Å². The molecule has 19 nitrogen and oxygen atoms in total. The van der Waals surface area contributed by atoms with E-state index < -0.39 is 53.6 Å². The summed E-state index contributed by atoms with van der Waals surface area (Å²) in [6.07, 6.45) is 2.28. The largest absolute Gasteiger partial charge is 0.370 e. The van der Waals surface area contributed by atoms with E-state index in [-0.39, 0.29) is 81.4 Å². The topological polar surface area (TPSA) is 294 Å². The van der Waals surface area contributed by atoms with Gasteiger partial charge in [-0.2, -0.15) is 11.8 Å². The van der Waals surface area contributed by atoms with E-state index in [0.29, 0.717) is 44.5 Å². The molecule has 1 aliphatic rings. The van der Waals surface area contributed by atoms with Crippen LogP contribution < -0.4 is 43.8 Å². The number of likely N-dealkylation sites (N-methyl/N-ethyl adjacent to an activating group) is 1. The first-order valence-corrected chi connectivity index (χ1v) is 19.1. The maximum absolute atomic E-state index is 14.0. The van der Waals surface area contributed by atoms with Gasteiger partial charge in [-0.15, -0.1) is 0 Å². The first kappa shape index (κ1) is 46.4. The molecule has 1 saturated heterocycles. The number of nitrogens with zero attached hydrogens (tertiary/aromatic N) is 3. The molecule has 0 aromatic heterocycles. The molecule has 0 unspecified atom stereocenters. The number of nitrogens with two attached hydrogens (primary N) is 3. The first-order chi connectivity index (χ1) is 25.1. The summed E-state index contributed by atoms with van der Waals surface area (Å²) < 4.78 is 0. The molecule has 1 aliphatic heterocycles. The number of amides is 8. The summed E-state index contributed by atoms with van der Waals surface area (Å²) in [5, 5.41) is 12.8. The number of hydrogen-bond donors (Lipinski definition) is 8. The summed E-state index contributed by atoms with van der Waals surface area (Å²) in [6, 6.07) is -2.80. The average molecular weight is 770 g/mol. The van der Waals surface area contributed by atoms with Crippen LogP contribution in [0.2, 0.25) is 0 Å². The Labute approximate surface area is 315 Å². The summed E-state index contributed by atoms with van der Waals surface area (Å²) in [5.41, 5.74) is 15.8. The molecule has 0 saturated carbocycles. The quantitative estimate of drug-likeness (QED) is 0.0268. The minimum atomic E-state index is -1.06. The lowest BCUT2D eigenvalue weighted by Crippen LogP contribution is -2.57.